The molecule has 0 unspecified atom stereocenters. The average molecular weight is 348 g/mol. The Kier molecular flexibility index (Phi) is 4.37. The minimum atomic E-state index is -0.103. The normalized spacial score (nSPS) is 13.9. The van der Waals surface area contributed by atoms with Crippen LogP contribution in [0.25, 0.3) is 11.0 Å². The van der Waals surface area contributed by atoms with E-state index in [1.807, 2.05) is 55.4 Å². The molecule has 0 radical (unpaired) electrons. The highest BCUT2D eigenvalue weighted by Crippen LogP contribution is 2.25. The van der Waals surface area contributed by atoms with Gasteiger partial charge in [-0.15, -0.1) is 0 Å². The number of carbonyl (C=O) groups is 1. The van der Waals surface area contributed by atoms with Gasteiger partial charge in [-0.05, 0) is 49.2 Å². The predicted molar refractivity (Wildman–Crippen MR) is 106 cm³/mol. The molecular formula is C21H24N4O. The van der Waals surface area contributed by atoms with E-state index in [4.69, 9.17) is 4.98 Å². The smallest absolute Gasteiger partial charge is 0.255 e. The molecule has 3 aromatic rings. The molecule has 0 saturated heterocycles. The molecule has 1 aliphatic rings. The lowest BCUT2D eigenvalue weighted by atomic mass is 10.1. The Morgan fingerprint density at radius 1 is 1.12 bits per heavy atom. The molecule has 2 heterocycles. The van der Waals surface area contributed by atoms with Crippen LogP contribution in [0, 0.1) is 0 Å². The van der Waals surface area contributed by atoms with Crippen LogP contribution in [0.2, 0.25) is 0 Å². The summed E-state index contributed by atoms with van der Waals surface area (Å²) in [7, 11) is 3.93. The first-order valence-corrected chi connectivity index (χ1v) is 9.20. The third kappa shape index (κ3) is 3.17. The van der Waals surface area contributed by atoms with E-state index in [0.29, 0.717) is 5.56 Å². The highest BCUT2D eigenvalue weighted by Gasteiger charge is 2.14. The van der Waals surface area contributed by atoms with Gasteiger partial charge in [0, 0.05) is 44.0 Å². The molecule has 0 spiro atoms. The molecule has 26 heavy (non-hydrogen) atoms. The molecule has 0 atom stereocenters. The van der Waals surface area contributed by atoms with Gasteiger partial charge in [-0.1, -0.05) is 12.5 Å². The summed E-state index contributed by atoms with van der Waals surface area (Å²) < 4.78 is 2.33. The zero-order chi connectivity index (χ0) is 18.1. The molecule has 1 aromatic heterocycles. The van der Waals surface area contributed by atoms with Gasteiger partial charge >= 0.3 is 0 Å². The van der Waals surface area contributed by atoms with Crippen LogP contribution in [0.1, 0.15) is 35.4 Å². The first-order chi connectivity index (χ1) is 12.6. The van der Waals surface area contributed by atoms with Crippen molar-refractivity contribution in [2.24, 2.45) is 0 Å². The second-order valence-corrected chi connectivity index (χ2v) is 7.09. The van der Waals surface area contributed by atoms with Crippen molar-refractivity contribution >= 4 is 28.3 Å². The number of nitrogens with one attached hydrogen (secondary N) is 1. The highest BCUT2D eigenvalue weighted by atomic mass is 16.1. The van der Waals surface area contributed by atoms with E-state index in [1.165, 1.54) is 25.1 Å². The van der Waals surface area contributed by atoms with Crippen LogP contribution >= 0.6 is 0 Å². The molecule has 1 aliphatic heterocycles. The van der Waals surface area contributed by atoms with E-state index < -0.39 is 0 Å². The minimum Gasteiger partial charge on any atom is -0.378 e. The number of amides is 1. The molecule has 0 fully saturated rings. The molecule has 2 aromatic carbocycles. The van der Waals surface area contributed by atoms with Gasteiger partial charge in [0.15, 0.2) is 0 Å². The summed E-state index contributed by atoms with van der Waals surface area (Å²) in [5, 5.41) is 3.00. The molecule has 1 N–H and O–H groups in total. The average Bonchev–Trinajstić information content (AvgIpc) is 2.82. The second-order valence-electron chi connectivity index (χ2n) is 7.09. The number of fused-ring (bicyclic) bond motifs is 3. The Morgan fingerprint density at radius 3 is 2.85 bits per heavy atom. The Bertz CT molecular complexity index is 958. The summed E-state index contributed by atoms with van der Waals surface area (Å²) in [4.78, 5) is 19.4. The lowest BCUT2D eigenvalue weighted by Gasteiger charge is -2.13. The third-order valence-electron chi connectivity index (χ3n) is 4.99. The molecule has 134 valence electrons. The van der Waals surface area contributed by atoms with Gasteiger partial charge in [0.2, 0.25) is 0 Å². The number of aromatic nitrogens is 2. The van der Waals surface area contributed by atoms with Crippen LogP contribution in [-0.4, -0.2) is 29.6 Å². The molecule has 5 heteroatoms. The number of hydrogen-bond acceptors (Lipinski definition) is 3. The number of aryl methyl sites for hydroxylation is 2. The standard InChI is InChI=1S/C21H24N4O/c1-24(2)17-8-6-7-15(13-17)21(26)22-16-10-11-19-18(14-16)23-20-9-4-3-5-12-25(19)20/h6-8,10-11,13-14H,3-5,9,12H2,1-2H3,(H,22,26). The van der Waals surface area contributed by atoms with Crippen LogP contribution in [-0.2, 0) is 13.0 Å². The van der Waals surface area contributed by atoms with Gasteiger partial charge in [0.05, 0.1) is 11.0 Å². The van der Waals surface area contributed by atoms with E-state index in [1.54, 1.807) is 0 Å². The van der Waals surface area contributed by atoms with Crippen LogP contribution in [0.15, 0.2) is 42.5 Å². The van der Waals surface area contributed by atoms with Crippen molar-refractivity contribution < 1.29 is 4.79 Å². The minimum absolute atomic E-state index is 0.103. The lowest BCUT2D eigenvalue weighted by molar-refractivity contribution is 0.102. The van der Waals surface area contributed by atoms with Gasteiger partial charge < -0.3 is 14.8 Å². The molecular weight excluding hydrogens is 324 g/mol. The maximum Gasteiger partial charge on any atom is 0.255 e. The van der Waals surface area contributed by atoms with Gasteiger partial charge in [0.25, 0.3) is 5.91 Å². The number of carbonyl (C=O) groups excluding carboxylic acids is 1. The van der Waals surface area contributed by atoms with Gasteiger partial charge in [0.1, 0.15) is 5.82 Å². The highest BCUT2D eigenvalue weighted by molar-refractivity contribution is 6.05. The van der Waals surface area contributed by atoms with Crippen molar-refractivity contribution in [2.75, 3.05) is 24.3 Å². The van der Waals surface area contributed by atoms with Crippen molar-refractivity contribution in [3.63, 3.8) is 0 Å². The van der Waals surface area contributed by atoms with Gasteiger partial charge in [-0.2, -0.15) is 0 Å². The largest absolute Gasteiger partial charge is 0.378 e. The number of rotatable bonds is 3. The molecule has 0 saturated carbocycles. The van der Waals surface area contributed by atoms with Crippen LogP contribution in [0.4, 0.5) is 11.4 Å². The summed E-state index contributed by atoms with van der Waals surface area (Å²) in [6, 6.07) is 13.6. The summed E-state index contributed by atoms with van der Waals surface area (Å²) in [6.07, 6.45) is 4.72. The molecule has 5 nitrogen and oxygen atoms in total. The number of nitrogens with zero attached hydrogens (tertiary/aromatic N) is 3. The Balaban J connectivity index is 1.59. The first-order valence-electron chi connectivity index (χ1n) is 9.20. The Morgan fingerprint density at radius 2 is 2.00 bits per heavy atom. The summed E-state index contributed by atoms with van der Waals surface area (Å²) in [6.45, 7) is 1.04. The fraction of sp³-hybridized carbons (Fsp3) is 0.333. The lowest BCUT2D eigenvalue weighted by Crippen LogP contribution is -2.14. The third-order valence-corrected chi connectivity index (χ3v) is 4.99. The Labute approximate surface area is 153 Å². The fourth-order valence-electron chi connectivity index (χ4n) is 3.56. The zero-order valence-electron chi connectivity index (χ0n) is 15.3. The monoisotopic (exact) mass is 348 g/mol. The van der Waals surface area contributed by atoms with Crippen molar-refractivity contribution in [3.05, 3.63) is 53.9 Å². The van der Waals surface area contributed by atoms with Crippen molar-refractivity contribution in [1.29, 1.82) is 0 Å². The molecule has 4 rings (SSSR count). The fourth-order valence-corrected chi connectivity index (χ4v) is 3.56. The number of benzene rings is 2. The number of hydrogen-bond donors (Lipinski definition) is 1. The molecule has 0 aliphatic carbocycles. The van der Waals surface area contributed by atoms with Gasteiger partial charge in [-0.3, -0.25) is 4.79 Å². The SMILES string of the molecule is CN(C)c1cccc(C(=O)Nc2ccc3c(c2)nc2n3CCCCC2)c1. The van der Waals surface area contributed by atoms with E-state index in [2.05, 4.69) is 16.0 Å². The van der Waals surface area contributed by atoms with E-state index in [0.717, 1.165) is 35.4 Å². The summed E-state index contributed by atoms with van der Waals surface area (Å²) in [5.41, 5.74) is 4.56. The topological polar surface area (TPSA) is 50.2 Å². The van der Waals surface area contributed by atoms with Crippen LogP contribution < -0.4 is 10.2 Å². The van der Waals surface area contributed by atoms with Crippen molar-refractivity contribution in [2.45, 2.75) is 32.2 Å². The van der Waals surface area contributed by atoms with Crippen molar-refractivity contribution in [1.82, 2.24) is 9.55 Å². The van der Waals surface area contributed by atoms with Crippen molar-refractivity contribution in [3.8, 4) is 0 Å². The predicted octanol–water partition coefficient (Wildman–Crippen LogP) is 4.08. The maximum atomic E-state index is 12.6. The molecule has 0 bridgehead atoms. The van der Waals surface area contributed by atoms with Crippen LogP contribution in [0.3, 0.4) is 0 Å². The van der Waals surface area contributed by atoms with E-state index >= 15 is 0 Å². The van der Waals surface area contributed by atoms with Crippen LogP contribution in [0.5, 0.6) is 0 Å². The van der Waals surface area contributed by atoms with E-state index in [9.17, 15) is 4.79 Å². The number of imidazole rings is 1. The quantitative estimate of drug-likeness (QED) is 0.776. The Hall–Kier alpha value is -2.82. The zero-order valence-corrected chi connectivity index (χ0v) is 15.3. The van der Waals surface area contributed by atoms with Gasteiger partial charge in [-0.25, -0.2) is 4.98 Å². The molecule has 1 amide bonds. The first kappa shape index (κ1) is 16.6. The summed E-state index contributed by atoms with van der Waals surface area (Å²) in [5.74, 6) is 1.06. The maximum absolute atomic E-state index is 12.6. The van der Waals surface area contributed by atoms with E-state index in [-0.39, 0.29) is 5.91 Å². The second kappa shape index (κ2) is 6.83. The number of anilines is 2. The summed E-state index contributed by atoms with van der Waals surface area (Å²) >= 11 is 0.